The Kier molecular flexibility index (Phi) is 70.9. The van der Waals surface area contributed by atoms with Gasteiger partial charge in [0.15, 0.2) is 12.2 Å². The molecule has 3 N–H and O–H groups in total. The average Bonchev–Trinajstić information content (AvgIpc) is 0.957. The number of aliphatic hydroxyl groups is 1. The third-order valence-corrected chi connectivity index (χ3v) is 21.0. The Bertz CT molecular complexity index is 1960. The van der Waals surface area contributed by atoms with E-state index in [9.17, 15) is 43.2 Å². The van der Waals surface area contributed by atoms with E-state index in [2.05, 4.69) is 48.5 Å². The van der Waals surface area contributed by atoms with Gasteiger partial charge in [0, 0.05) is 25.7 Å². The molecule has 0 aliphatic carbocycles. The zero-order chi connectivity index (χ0) is 74.4. The van der Waals surface area contributed by atoms with Crippen LogP contribution in [0.3, 0.4) is 0 Å². The van der Waals surface area contributed by atoms with Crippen molar-refractivity contribution in [3.05, 3.63) is 0 Å². The van der Waals surface area contributed by atoms with Crippen molar-refractivity contribution in [2.45, 2.75) is 446 Å². The largest absolute Gasteiger partial charge is 0.472 e. The molecular weight excluding hydrogens is 1320 g/mol. The van der Waals surface area contributed by atoms with Crippen LogP contribution in [0, 0.1) is 17.8 Å². The van der Waals surface area contributed by atoms with E-state index >= 15 is 0 Å². The predicted octanol–water partition coefficient (Wildman–Crippen LogP) is 24.5. The van der Waals surface area contributed by atoms with E-state index < -0.39 is 97.5 Å². The quantitative estimate of drug-likeness (QED) is 0.0222. The molecule has 0 aliphatic rings. The molecule has 0 aliphatic heterocycles. The van der Waals surface area contributed by atoms with E-state index in [1.54, 1.807) is 0 Å². The first-order chi connectivity index (χ1) is 48.7. The Balaban J connectivity index is 5.17. The van der Waals surface area contributed by atoms with Crippen LogP contribution in [0.15, 0.2) is 0 Å². The van der Waals surface area contributed by atoms with Crippen LogP contribution >= 0.6 is 15.6 Å². The van der Waals surface area contributed by atoms with E-state index in [1.165, 1.54) is 225 Å². The third-order valence-electron chi connectivity index (χ3n) is 19.1. The molecule has 19 heteroatoms. The molecule has 0 spiro atoms. The second kappa shape index (κ2) is 72.3. The van der Waals surface area contributed by atoms with Crippen molar-refractivity contribution in [1.29, 1.82) is 0 Å². The standard InChI is InChI=1S/C82H160O17P2/c1-8-9-10-11-39-49-56-63-79(84)92-69-77(98-81(86)66-59-52-45-38-32-26-20-23-29-35-42-48-55-62-75(6)7)71-96-100(88,89)94-67-76(83)68-95-101(90,91)97-72-78(70-93-80(85)64-57-50-43-36-30-24-19-18-22-28-34-41-47-54-61-74(4)5)99-82(87)65-58-51-44-37-31-25-17-15-13-12-14-16-21-27-33-40-46-53-60-73(2)3/h73-78,83H,8-72H2,1-7H3,(H,88,89)(H,90,91)/t76-,77+,78+/m0/s1. The smallest absolute Gasteiger partial charge is 0.462 e. The number of carbonyl (C=O) groups excluding carboxylic acids is 4. The van der Waals surface area contributed by atoms with Gasteiger partial charge in [-0.3, -0.25) is 37.3 Å². The van der Waals surface area contributed by atoms with Gasteiger partial charge < -0.3 is 33.8 Å². The average molecular weight is 1480 g/mol. The van der Waals surface area contributed by atoms with Crippen LogP contribution in [0.2, 0.25) is 0 Å². The Morgan fingerprint density at radius 3 is 0.673 bits per heavy atom. The Morgan fingerprint density at radius 2 is 0.455 bits per heavy atom. The maximum atomic E-state index is 13.1. The Hall–Kier alpha value is -1.94. The van der Waals surface area contributed by atoms with E-state index in [4.69, 9.17) is 37.0 Å². The SMILES string of the molecule is CCCCCCCCCC(=O)OC[C@H](COP(=O)(O)OC[C@H](O)COP(=O)(O)OC[C@@H](COC(=O)CCCCCCCCCCCCCCCCC(C)C)OC(=O)CCCCCCCCCCCCCCCCCCCCC(C)C)OC(=O)CCCCCCCCCCCCCCCC(C)C. The maximum Gasteiger partial charge on any atom is 0.472 e. The van der Waals surface area contributed by atoms with Gasteiger partial charge in [-0.25, -0.2) is 9.13 Å². The van der Waals surface area contributed by atoms with Gasteiger partial charge in [-0.15, -0.1) is 0 Å². The van der Waals surface area contributed by atoms with E-state index in [0.29, 0.717) is 25.7 Å². The highest BCUT2D eigenvalue weighted by Crippen LogP contribution is 2.45. The molecule has 0 fully saturated rings. The number of unbranched alkanes of at least 4 members (excludes halogenated alkanes) is 48. The molecule has 2 unspecified atom stereocenters. The molecule has 0 aromatic rings. The number of hydrogen-bond donors (Lipinski definition) is 3. The molecule has 17 nitrogen and oxygen atoms in total. The summed E-state index contributed by atoms with van der Waals surface area (Å²) in [5, 5.41) is 10.6. The summed E-state index contributed by atoms with van der Waals surface area (Å²) < 4.78 is 68.6. The summed E-state index contributed by atoms with van der Waals surface area (Å²) in [7, 11) is -9.92. The molecule has 0 heterocycles. The monoisotopic (exact) mass is 1480 g/mol. The molecule has 0 saturated heterocycles. The maximum absolute atomic E-state index is 13.1. The first-order valence-electron chi connectivity index (χ1n) is 42.3. The highest BCUT2D eigenvalue weighted by molar-refractivity contribution is 7.47. The van der Waals surface area contributed by atoms with Crippen molar-refractivity contribution in [3.8, 4) is 0 Å². The van der Waals surface area contributed by atoms with Crippen LogP contribution in [-0.4, -0.2) is 96.7 Å². The summed E-state index contributed by atoms with van der Waals surface area (Å²) in [4.78, 5) is 72.9. The third kappa shape index (κ3) is 76.1. The Labute approximate surface area is 619 Å². The van der Waals surface area contributed by atoms with Gasteiger partial charge >= 0.3 is 39.5 Å². The van der Waals surface area contributed by atoms with Gasteiger partial charge in [-0.1, -0.05) is 376 Å². The molecule has 0 aromatic carbocycles. The van der Waals surface area contributed by atoms with Gasteiger partial charge in [0.25, 0.3) is 0 Å². The first kappa shape index (κ1) is 99.1. The normalized spacial score (nSPS) is 14.0. The first-order valence-corrected chi connectivity index (χ1v) is 45.3. The minimum Gasteiger partial charge on any atom is -0.462 e. The van der Waals surface area contributed by atoms with Crippen LogP contribution in [0.1, 0.15) is 427 Å². The minimum atomic E-state index is -4.96. The summed E-state index contributed by atoms with van der Waals surface area (Å²) in [6.07, 6.45) is 61.2. The molecule has 0 bridgehead atoms. The molecule has 101 heavy (non-hydrogen) atoms. The van der Waals surface area contributed by atoms with Gasteiger partial charge in [0.1, 0.15) is 19.3 Å². The van der Waals surface area contributed by atoms with E-state index in [-0.39, 0.29) is 25.7 Å². The fourth-order valence-corrected chi connectivity index (χ4v) is 14.2. The number of esters is 4. The number of phosphoric ester groups is 2. The zero-order valence-electron chi connectivity index (χ0n) is 66.4. The number of carbonyl (C=O) groups is 4. The lowest BCUT2D eigenvalue weighted by Crippen LogP contribution is -2.30. The molecule has 0 rings (SSSR count). The second-order valence-corrected chi connectivity index (χ2v) is 33.8. The van der Waals surface area contributed by atoms with Gasteiger partial charge in [-0.2, -0.15) is 0 Å². The molecule has 0 aromatic heterocycles. The molecular formula is C82H160O17P2. The zero-order valence-corrected chi connectivity index (χ0v) is 68.2. The minimum absolute atomic E-state index is 0.107. The highest BCUT2D eigenvalue weighted by atomic mass is 31.2. The number of aliphatic hydroxyl groups excluding tert-OH is 1. The number of rotatable bonds is 80. The van der Waals surface area contributed by atoms with Gasteiger partial charge in [-0.05, 0) is 43.4 Å². The second-order valence-electron chi connectivity index (χ2n) is 30.9. The van der Waals surface area contributed by atoms with Crippen LogP contribution in [0.5, 0.6) is 0 Å². The summed E-state index contributed by atoms with van der Waals surface area (Å²) in [6.45, 7) is 12.0. The van der Waals surface area contributed by atoms with Gasteiger partial charge in [0.2, 0.25) is 0 Å². The summed E-state index contributed by atoms with van der Waals surface area (Å²) >= 11 is 0. The van der Waals surface area contributed by atoms with Crippen LogP contribution in [0.25, 0.3) is 0 Å². The lowest BCUT2D eigenvalue weighted by molar-refractivity contribution is -0.161. The van der Waals surface area contributed by atoms with Crippen molar-refractivity contribution in [2.24, 2.45) is 17.8 Å². The molecule has 0 saturated carbocycles. The number of ether oxygens (including phenoxy) is 4. The fourth-order valence-electron chi connectivity index (χ4n) is 12.7. The molecule has 0 amide bonds. The Morgan fingerprint density at radius 1 is 0.267 bits per heavy atom. The molecule has 5 atom stereocenters. The van der Waals surface area contributed by atoms with Crippen molar-refractivity contribution in [3.63, 3.8) is 0 Å². The molecule has 600 valence electrons. The van der Waals surface area contributed by atoms with Crippen LogP contribution < -0.4 is 0 Å². The van der Waals surface area contributed by atoms with Crippen molar-refractivity contribution in [1.82, 2.24) is 0 Å². The number of phosphoric acid groups is 2. The number of hydrogen-bond acceptors (Lipinski definition) is 15. The summed E-state index contributed by atoms with van der Waals surface area (Å²) in [5.41, 5.74) is 0. The van der Waals surface area contributed by atoms with E-state index in [0.717, 1.165) is 120 Å². The van der Waals surface area contributed by atoms with Crippen molar-refractivity contribution >= 4 is 39.5 Å². The lowest BCUT2D eigenvalue weighted by Gasteiger charge is -2.21. The van der Waals surface area contributed by atoms with Crippen molar-refractivity contribution < 1.29 is 80.2 Å². The summed E-state index contributed by atoms with van der Waals surface area (Å²) in [5.74, 6) is 0.293. The highest BCUT2D eigenvalue weighted by Gasteiger charge is 2.30. The molecule has 0 radical (unpaired) electrons. The van der Waals surface area contributed by atoms with E-state index in [1.807, 2.05) is 0 Å². The topological polar surface area (TPSA) is 237 Å². The van der Waals surface area contributed by atoms with Crippen molar-refractivity contribution in [2.75, 3.05) is 39.6 Å². The summed E-state index contributed by atoms with van der Waals surface area (Å²) in [6, 6.07) is 0. The fraction of sp³-hybridized carbons (Fsp3) is 0.951. The van der Waals surface area contributed by atoms with Gasteiger partial charge in [0.05, 0.1) is 26.4 Å². The lowest BCUT2D eigenvalue weighted by atomic mass is 10.0. The van der Waals surface area contributed by atoms with Crippen LogP contribution in [0.4, 0.5) is 0 Å². The van der Waals surface area contributed by atoms with Crippen LogP contribution in [-0.2, 0) is 65.4 Å². The predicted molar refractivity (Wildman–Crippen MR) is 414 cm³/mol.